The Morgan fingerprint density at radius 2 is 1.70 bits per heavy atom. The van der Waals surface area contributed by atoms with Crippen molar-refractivity contribution in [2.45, 2.75) is 6.92 Å². The molecule has 0 unspecified atom stereocenters. The first-order chi connectivity index (χ1) is 13.0. The molecule has 0 saturated carbocycles. The molecule has 0 aliphatic rings. The number of hydrogen-bond acceptors (Lipinski definition) is 5. The molecule has 138 valence electrons. The van der Waals surface area contributed by atoms with Gasteiger partial charge in [0.15, 0.2) is 0 Å². The third-order valence-corrected chi connectivity index (χ3v) is 5.35. The third kappa shape index (κ3) is 4.15. The molecule has 2 aromatic carbocycles. The quantitative estimate of drug-likeness (QED) is 0.663. The lowest BCUT2D eigenvalue weighted by molar-refractivity contribution is -0.139. The highest BCUT2D eigenvalue weighted by Gasteiger charge is 2.15. The second-order valence-corrected chi connectivity index (χ2v) is 6.89. The number of hydrogen-bond donors (Lipinski definition) is 2. The van der Waals surface area contributed by atoms with Crippen LogP contribution in [0.3, 0.4) is 0 Å². The Balaban J connectivity index is 1.68. The van der Waals surface area contributed by atoms with Gasteiger partial charge in [-0.1, -0.05) is 18.2 Å². The summed E-state index contributed by atoms with van der Waals surface area (Å²) in [6.45, 7) is 1.74. The Morgan fingerprint density at radius 1 is 1.00 bits per heavy atom. The van der Waals surface area contributed by atoms with Crippen molar-refractivity contribution in [1.82, 2.24) is 5.32 Å². The summed E-state index contributed by atoms with van der Waals surface area (Å²) in [5.41, 5.74) is 1.92. The van der Waals surface area contributed by atoms with Gasteiger partial charge >= 0.3 is 5.97 Å². The minimum Gasteiger partial charge on any atom is -0.468 e. The lowest BCUT2D eigenvalue weighted by atomic mass is 10.1. The number of aryl methyl sites for hydroxylation is 1. The maximum Gasteiger partial charge on any atom is 0.325 e. The number of ether oxygens (including phenoxy) is 1. The molecule has 0 bridgehead atoms. The standard InChI is InChI=1S/C20H18N2O4S/c1-12-15-5-3-4-6-16(15)27-18(12)20(25)22-14-9-7-13(8-10-14)19(24)21-11-17(23)26-2/h3-10H,11H2,1-2H3,(H,21,24)(H,22,25). The van der Waals surface area contributed by atoms with Crippen LogP contribution in [0, 0.1) is 6.92 Å². The van der Waals surface area contributed by atoms with Crippen LogP contribution >= 0.6 is 11.3 Å². The van der Waals surface area contributed by atoms with Crippen molar-refractivity contribution in [1.29, 1.82) is 0 Å². The SMILES string of the molecule is COC(=O)CNC(=O)c1ccc(NC(=O)c2sc3ccccc3c2C)cc1. The van der Waals surface area contributed by atoms with Crippen LogP contribution in [0.2, 0.25) is 0 Å². The lowest BCUT2D eigenvalue weighted by Crippen LogP contribution is -2.30. The van der Waals surface area contributed by atoms with Gasteiger partial charge in [0.05, 0.1) is 12.0 Å². The van der Waals surface area contributed by atoms with Gasteiger partial charge in [0.25, 0.3) is 11.8 Å². The number of carbonyl (C=O) groups is 3. The van der Waals surface area contributed by atoms with Gasteiger partial charge in [-0.3, -0.25) is 14.4 Å². The van der Waals surface area contributed by atoms with Crippen molar-refractivity contribution >= 4 is 44.9 Å². The summed E-state index contributed by atoms with van der Waals surface area (Å²) in [5, 5.41) is 6.38. The van der Waals surface area contributed by atoms with Crippen LogP contribution in [0.1, 0.15) is 25.6 Å². The number of carbonyl (C=O) groups excluding carboxylic acids is 3. The average molecular weight is 382 g/mol. The number of fused-ring (bicyclic) bond motifs is 1. The molecule has 3 aromatic rings. The van der Waals surface area contributed by atoms with Crippen molar-refractivity contribution in [3.63, 3.8) is 0 Å². The van der Waals surface area contributed by atoms with Crippen LogP contribution in [0.4, 0.5) is 5.69 Å². The van der Waals surface area contributed by atoms with E-state index in [0.29, 0.717) is 16.1 Å². The van der Waals surface area contributed by atoms with Crippen LogP contribution < -0.4 is 10.6 Å². The number of rotatable bonds is 5. The van der Waals surface area contributed by atoms with E-state index in [1.807, 2.05) is 31.2 Å². The normalized spacial score (nSPS) is 10.4. The lowest BCUT2D eigenvalue weighted by Gasteiger charge is -2.07. The number of benzene rings is 2. The number of thiophene rings is 1. The van der Waals surface area contributed by atoms with Crippen molar-refractivity contribution in [3.05, 3.63) is 64.5 Å². The van der Waals surface area contributed by atoms with E-state index < -0.39 is 11.9 Å². The topological polar surface area (TPSA) is 84.5 Å². The Kier molecular flexibility index (Phi) is 5.52. The van der Waals surface area contributed by atoms with Crippen LogP contribution in [-0.2, 0) is 9.53 Å². The zero-order valence-corrected chi connectivity index (χ0v) is 15.7. The van der Waals surface area contributed by atoms with Crippen molar-refractivity contribution in [2.75, 3.05) is 19.0 Å². The molecular weight excluding hydrogens is 364 g/mol. The fourth-order valence-electron chi connectivity index (χ4n) is 2.61. The van der Waals surface area contributed by atoms with Gasteiger partial charge in [0.1, 0.15) is 6.54 Å². The van der Waals surface area contributed by atoms with Crippen molar-refractivity contribution < 1.29 is 19.1 Å². The zero-order chi connectivity index (χ0) is 19.4. The number of nitrogens with one attached hydrogen (secondary N) is 2. The molecule has 1 aromatic heterocycles. The van der Waals surface area contributed by atoms with Crippen molar-refractivity contribution in [3.8, 4) is 0 Å². The highest BCUT2D eigenvalue weighted by molar-refractivity contribution is 7.21. The highest BCUT2D eigenvalue weighted by Crippen LogP contribution is 2.31. The van der Waals surface area contributed by atoms with Gasteiger partial charge in [-0.2, -0.15) is 0 Å². The van der Waals surface area contributed by atoms with E-state index in [1.54, 1.807) is 24.3 Å². The molecule has 0 aliphatic heterocycles. The predicted molar refractivity (Wildman–Crippen MR) is 105 cm³/mol. The maximum atomic E-state index is 12.6. The first-order valence-corrected chi connectivity index (χ1v) is 9.06. The van der Waals surface area contributed by atoms with E-state index in [1.165, 1.54) is 18.4 Å². The Bertz CT molecular complexity index is 1010. The summed E-state index contributed by atoms with van der Waals surface area (Å²) >= 11 is 1.45. The van der Waals surface area contributed by atoms with Crippen molar-refractivity contribution in [2.24, 2.45) is 0 Å². The first-order valence-electron chi connectivity index (χ1n) is 8.24. The van der Waals surface area contributed by atoms with E-state index in [9.17, 15) is 14.4 Å². The second kappa shape index (κ2) is 8.01. The number of amides is 2. The molecule has 2 N–H and O–H groups in total. The van der Waals surface area contributed by atoms with Gasteiger partial charge in [0.2, 0.25) is 0 Å². The molecule has 0 radical (unpaired) electrons. The van der Waals surface area contributed by atoms with Gasteiger partial charge in [0, 0.05) is 16.0 Å². The van der Waals surface area contributed by atoms with Gasteiger partial charge < -0.3 is 15.4 Å². The molecule has 27 heavy (non-hydrogen) atoms. The molecule has 6 nitrogen and oxygen atoms in total. The second-order valence-electron chi connectivity index (χ2n) is 5.84. The molecule has 1 heterocycles. The van der Waals surface area contributed by atoms with Gasteiger partial charge in [-0.15, -0.1) is 11.3 Å². The minimum atomic E-state index is -0.522. The van der Waals surface area contributed by atoms with Gasteiger partial charge in [-0.25, -0.2) is 0 Å². The Hall–Kier alpha value is -3.19. The van der Waals surface area contributed by atoms with Crippen LogP contribution in [0.5, 0.6) is 0 Å². The number of anilines is 1. The highest BCUT2D eigenvalue weighted by atomic mass is 32.1. The maximum absolute atomic E-state index is 12.6. The summed E-state index contributed by atoms with van der Waals surface area (Å²) in [7, 11) is 1.25. The molecule has 2 amide bonds. The summed E-state index contributed by atoms with van der Waals surface area (Å²) in [4.78, 5) is 36.3. The summed E-state index contributed by atoms with van der Waals surface area (Å²) in [5.74, 6) is -1.10. The average Bonchev–Trinajstić information content (AvgIpc) is 3.03. The fraction of sp³-hybridized carbons (Fsp3) is 0.150. The first kappa shape index (κ1) is 18.6. The molecule has 0 atom stereocenters. The fourth-order valence-corrected chi connectivity index (χ4v) is 3.71. The molecule has 3 rings (SSSR count). The van der Waals surface area contributed by atoms with E-state index in [4.69, 9.17) is 0 Å². The van der Waals surface area contributed by atoms with Crippen LogP contribution in [0.15, 0.2) is 48.5 Å². The minimum absolute atomic E-state index is 0.184. The monoisotopic (exact) mass is 382 g/mol. The van der Waals surface area contributed by atoms with E-state index >= 15 is 0 Å². The zero-order valence-electron chi connectivity index (χ0n) is 14.9. The number of methoxy groups -OCH3 is 1. The summed E-state index contributed by atoms with van der Waals surface area (Å²) < 4.78 is 5.54. The summed E-state index contributed by atoms with van der Waals surface area (Å²) in [6.07, 6.45) is 0. The van der Waals surface area contributed by atoms with E-state index in [0.717, 1.165) is 15.6 Å². The van der Waals surface area contributed by atoms with Gasteiger partial charge in [-0.05, 0) is 48.2 Å². The summed E-state index contributed by atoms with van der Waals surface area (Å²) in [6, 6.07) is 14.4. The molecule has 7 heteroatoms. The Labute approximate surface area is 160 Å². The Morgan fingerprint density at radius 3 is 2.37 bits per heavy atom. The molecule has 0 saturated heterocycles. The third-order valence-electron chi connectivity index (χ3n) is 4.08. The van der Waals surface area contributed by atoms with Crippen LogP contribution in [-0.4, -0.2) is 31.4 Å². The molecular formula is C20H18N2O4S. The smallest absolute Gasteiger partial charge is 0.325 e. The van der Waals surface area contributed by atoms with E-state index in [2.05, 4.69) is 15.4 Å². The molecule has 0 aliphatic carbocycles. The number of esters is 1. The largest absolute Gasteiger partial charge is 0.468 e. The molecule has 0 spiro atoms. The van der Waals surface area contributed by atoms with E-state index in [-0.39, 0.29) is 12.5 Å². The predicted octanol–water partition coefficient (Wildman–Crippen LogP) is 3.36. The van der Waals surface area contributed by atoms with Crippen LogP contribution in [0.25, 0.3) is 10.1 Å². The molecule has 0 fully saturated rings.